The maximum absolute atomic E-state index is 14.0. The van der Waals surface area contributed by atoms with Gasteiger partial charge in [-0.2, -0.15) is 18.2 Å². The van der Waals surface area contributed by atoms with Gasteiger partial charge in [0.15, 0.2) is 0 Å². The van der Waals surface area contributed by atoms with Gasteiger partial charge in [0.25, 0.3) is 5.89 Å². The molecule has 4 aromatic rings. The second kappa shape index (κ2) is 10.6. The highest BCUT2D eigenvalue weighted by Crippen LogP contribution is 2.42. The number of carboxylic acid groups (broad SMARTS) is 1. The minimum atomic E-state index is -4.83. The molecule has 1 aliphatic heterocycles. The summed E-state index contributed by atoms with van der Waals surface area (Å²) in [6, 6.07) is 11.1. The van der Waals surface area contributed by atoms with E-state index in [4.69, 9.17) is 9.05 Å². The van der Waals surface area contributed by atoms with Gasteiger partial charge in [0.1, 0.15) is 11.3 Å². The smallest absolute Gasteiger partial charge is 0.422 e. The maximum atomic E-state index is 14.0. The number of carbonyl (C=O) groups is 1. The minimum absolute atomic E-state index is 0.00533. The number of β-amino-alcohol motifs (C(OH)–C–C–N with tert-alkyl or cyclic N) is 1. The Labute approximate surface area is 220 Å². The molecule has 5 rings (SSSR count). The zero-order chi connectivity index (χ0) is 27.7. The molecule has 1 aromatic carbocycles. The molecule has 10 nitrogen and oxygen atoms in total. The van der Waals surface area contributed by atoms with E-state index in [0.717, 1.165) is 6.42 Å². The molecule has 1 aliphatic rings. The second-order valence-corrected chi connectivity index (χ2v) is 9.40. The number of halogens is 3. The summed E-state index contributed by atoms with van der Waals surface area (Å²) < 4.78 is 52.2. The van der Waals surface area contributed by atoms with Crippen LogP contribution in [-0.2, 0) is 11.0 Å². The molecule has 0 saturated carbocycles. The molecule has 0 amide bonds. The van der Waals surface area contributed by atoms with Crippen molar-refractivity contribution in [1.29, 1.82) is 0 Å². The quantitative estimate of drug-likeness (QED) is 0.340. The van der Waals surface area contributed by atoms with Crippen LogP contribution in [0.1, 0.15) is 35.8 Å². The molecule has 2 N–H and O–H groups in total. The molecule has 0 radical (unpaired) electrons. The van der Waals surface area contributed by atoms with Gasteiger partial charge >= 0.3 is 12.1 Å². The number of aromatic nitrogens is 4. The Hall–Kier alpha value is -4.10. The van der Waals surface area contributed by atoms with E-state index in [2.05, 4.69) is 20.3 Å². The molecule has 2 atom stereocenters. The van der Waals surface area contributed by atoms with E-state index in [1.54, 1.807) is 43.3 Å². The topological polar surface area (TPSA) is 139 Å². The molecule has 3 aromatic heterocycles. The predicted molar refractivity (Wildman–Crippen MR) is 130 cm³/mol. The highest BCUT2D eigenvalue weighted by atomic mass is 19.4. The number of hydrogen-bond donors (Lipinski definition) is 2. The van der Waals surface area contributed by atoms with E-state index in [-0.39, 0.29) is 18.1 Å². The van der Waals surface area contributed by atoms with Crippen LogP contribution >= 0.6 is 0 Å². The van der Waals surface area contributed by atoms with Crippen LogP contribution in [0.5, 0.6) is 0 Å². The zero-order valence-electron chi connectivity index (χ0n) is 20.7. The van der Waals surface area contributed by atoms with Crippen molar-refractivity contribution >= 4 is 5.97 Å². The van der Waals surface area contributed by atoms with Gasteiger partial charge in [-0.05, 0) is 44.0 Å². The van der Waals surface area contributed by atoms with Crippen molar-refractivity contribution in [2.24, 2.45) is 5.92 Å². The Morgan fingerprint density at radius 2 is 1.90 bits per heavy atom. The van der Waals surface area contributed by atoms with Crippen molar-refractivity contribution in [1.82, 2.24) is 25.2 Å². The third kappa shape index (κ3) is 5.68. The fourth-order valence-electron chi connectivity index (χ4n) is 4.61. The number of aliphatic hydroxyl groups excluding tert-OH is 1. The number of carboxylic acids is 1. The summed E-state index contributed by atoms with van der Waals surface area (Å²) >= 11 is 0. The molecule has 204 valence electrons. The number of nitrogens with zero attached hydrogens (tertiary/aromatic N) is 5. The molecular formula is C26H24F3N5O5. The lowest BCUT2D eigenvalue weighted by Gasteiger charge is -2.32. The third-order valence-electron chi connectivity index (χ3n) is 6.57. The van der Waals surface area contributed by atoms with E-state index < -0.39 is 47.1 Å². The number of alkyl halides is 3. The standard InChI is InChI=1S/C26H24F3N5O5/c1-14-4-2-6-18(30-14)21-20(26(27,28)29)22(38-32-21)24-31-23(33-39-24)16-9-7-15(8-10-16)19(35)13-34-11-3-5-17(12-34)25(36)37/h2,4,6-10,17,19,35H,3,5,11-13H2,1H3,(H,36,37). The average molecular weight is 544 g/mol. The van der Waals surface area contributed by atoms with Gasteiger partial charge in [-0.15, -0.1) is 0 Å². The van der Waals surface area contributed by atoms with Gasteiger partial charge in [0.2, 0.25) is 11.6 Å². The van der Waals surface area contributed by atoms with Gasteiger partial charge < -0.3 is 19.3 Å². The maximum Gasteiger partial charge on any atom is 0.422 e. The molecule has 1 fully saturated rings. The van der Waals surface area contributed by atoms with Crippen molar-refractivity contribution in [3.63, 3.8) is 0 Å². The number of likely N-dealkylation sites (tertiary alicyclic amines) is 1. The van der Waals surface area contributed by atoms with Crippen molar-refractivity contribution in [2.45, 2.75) is 32.0 Å². The molecule has 13 heteroatoms. The molecule has 1 saturated heterocycles. The Bertz CT molecular complexity index is 1470. The molecule has 0 aliphatic carbocycles. The summed E-state index contributed by atoms with van der Waals surface area (Å²) in [4.78, 5) is 21.4. The number of piperidine rings is 1. The SMILES string of the molecule is Cc1cccc(-c2noc(-c3nc(-c4ccc(C(O)CN5CCCC(C(=O)O)C5)cc4)no3)c2C(F)(F)F)n1. The van der Waals surface area contributed by atoms with Crippen LogP contribution in [0.4, 0.5) is 13.2 Å². The lowest BCUT2D eigenvalue weighted by atomic mass is 9.97. The highest BCUT2D eigenvalue weighted by Gasteiger charge is 2.43. The molecule has 2 unspecified atom stereocenters. The lowest BCUT2D eigenvalue weighted by molar-refractivity contribution is -0.143. The highest BCUT2D eigenvalue weighted by molar-refractivity contribution is 5.70. The van der Waals surface area contributed by atoms with Gasteiger partial charge in [0.05, 0.1) is 17.7 Å². The summed E-state index contributed by atoms with van der Waals surface area (Å²) in [5, 5.41) is 27.3. The normalized spacial score (nSPS) is 17.3. The van der Waals surface area contributed by atoms with E-state index in [0.29, 0.717) is 36.3 Å². The first-order chi connectivity index (χ1) is 18.6. The van der Waals surface area contributed by atoms with Crippen molar-refractivity contribution in [3.05, 3.63) is 59.3 Å². The Balaban J connectivity index is 1.35. The van der Waals surface area contributed by atoms with Gasteiger partial charge in [-0.25, -0.2) is 0 Å². The number of aliphatic hydroxyl groups is 1. The summed E-state index contributed by atoms with van der Waals surface area (Å²) in [6.45, 7) is 3.00. The molecule has 4 heterocycles. The van der Waals surface area contributed by atoms with Crippen LogP contribution in [0.2, 0.25) is 0 Å². The molecule has 0 spiro atoms. The Kier molecular flexibility index (Phi) is 7.19. The molecule has 0 bridgehead atoms. The number of aryl methyl sites for hydroxylation is 1. The Morgan fingerprint density at radius 3 is 2.59 bits per heavy atom. The zero-order valence-corrected chi connectivity index (χ0v) is 20.7. The fourth-order valence-corrected chi connectivity index (χ4v) is 4.61. The number of pyridine rings is 1. The summed E-state index contributed by atoms with van der Waals surface area (Å²) in [5.74, 6) is -2.48. The molecular weight excluding hydrogens is 519 g/mol. The summed E-state index contributed by atoms with van der Waals surface area (Å²) in [6.07, 6.45) is -4.33. The minimum Gasteiger partial charge on any atom is -0.481 e. The summed E-state index contributed by atoms with van der Waals surface area (Å²) in [7, 11) is 0. The Morgan fingerprint density at radius 1 is 1.13 bits per heavy atom. The average Bonchev–Trinajstić information content (AvgIpc) is 3.57. The molecule has 39 heavy (non-hydrogen) atoms. The first-order valence-corrected chi connectivity index (χ1v) is 12.2. The van der Waals surface area contributed by atoms with E-state index >= 15 is 0 Å². The van der Waals surface area contributed by atoms with Crippen LogP contribution in [0, 0.1) is 12.8 Å². The van der Waals surface area contributed by atoms with E-state index in [1.807, 2.05) is 4.90 Å². The van der Waals surface area contributed by atoms with Crippen molar-refractivity contribution in [3.8, 4) is 34.4 Å². The predicted octanol–water partition coefficient (Wildman–Crippen LogP) is 4.61. The first kappa shape index (κ1) is 26.5. The number of hydrogen-bond acceptors (Lipinski definition) is 9. The van der Waals surface area contributed by atoms with Crippen LogP contribution in [0.25, 0.3) is 34.4 Å². The fraction of sp³-hybridized carbons (Fsp3) is 0.346. The van der Waals surface area contributed by atoms with Crippen LogP contribution in [-0.4, -0.2) is 61.0 Å². The van der Waals surface area contributed by atoms with Crippen molar-refractivity contribution < 1.29 is 37.2 Å². The number of rotatable bonds is 7. The van der Waals surface area contributed by atoms with Gasteiger partial charge in [-0.3, -0.25) is 14.7 Å². The number of benzene rings is 1. The summed E-state index contributed by atoms with van der Waals surface area (Å²) in [5.41, 5.74) is -0.114. The van der Waals surface area contributed by atoms with Crippen LogP contribution < -0.4 is 0 Å². The van der Waals surface area contributed by atoms with Crippen LogP contribution in [0.15, 0.2) is 51.5 Å². The van der Waals surface area contributed by atoms with Crippen molar-refractivity contribution in [2.75, 3.05) is 19.6 Å². The van der Waals surface area contributed by atoms with Gasteiger partial charge in [-0.1, -0.05) is 40.6 Å². The third-order valence-corrected chi connectivity index (χ3v) is 6.57. The van der Waals surface area contributed by atoms with E-state index in [1.165, 1.54) is 6.07 Å². The largest absolute Gasteiger partial charge is 0.481 e. The lowest BCUT2D eigenvalue weighted by Crippen LogP contribution is -2.40. The van der Waals surface area contributed by atoms with E-state index in [9.17, 15) is 28.2 Å². The second-order valence-electron chi connectivity index (χ2n) is 9.40. The van der Waals surface area contributed by atoms with Gasteiger partial charge in [0, 0.05) is 24.3 Å². The monoisotopic (exact) mass is 543 g/mol. The number of aliphatic carboxylic acids is 1. The first-order valence-electron chi connectivity index (χ1n) is 12.2. The van der Waals surface area contributed by atoms with Crippen LogP contribution in [0.3, 0.4) is 0 Å².